The highest BCUT2D eigenvalue weighted by Gasteiger charge is 2.21. The van der Waals surface area contributed by atoms with Gasteiger partial charge in [0.2, 0.25) is 0 Å². The lowest BCUT2D eigenvalue weighted by Crippen LogP contribution is -2.38. The number of guanidine groups is 1. The van der Waals surface area contributed by atoms with Crippen LogP contribution >= 0.6 is 24.0 Å². The van der Waals surface area contributed by atoms with Gasteiger partial charge >= 0.3 is 0 Å². The molecule has 0 spiro atoms. The number of aromatic nitrogens is 2. The Kier molecular flexibility index (Phi) is 5.04. The average molecular weight is 335 g/mol. The molecular weight excluding hydrogens is 317 g/mol. The van der Waals surface area contributed by atoms with Crippen LogP contribution in [0.2, 0.25) is 0 Å². The van der Waals surface area contributed by atoms with Gasteiger partial charge in [-0.2, -0.15) is 5.10 Å². The van der Waals surface area contributed by atoms with E-state index in [2.05, 4.69) is 20.7 Å². The molecule has 0 unspecified atom stereocenters. The summed E-state index contributed by atoms with van der Waals surface area (Å²) in [6.07, 6.45) is 4.45. The molecule has 1 aromatic heterocycles. The van der Waals surface area contributed by atoms with Gasteiger partial charge in [-0.3, -0.25) is 9.67 Å². The molecule has 1 saturated carbocycles. The van der Waals surface area contributed by atoms with Crippen LogP contribution in [0.15, 0.2) is 17.3 Å². The zero-order valence-electron chi connectivity index (χ0n) is 9.60. The zero-order chi connectivity index (χ0) is 10.7. The molecule has 1 aromatic rings. The van der Waals surface area contributed by atoms with E-state index in [-0.39, 0.29) is 24.0 Å². The lowest BCUT2D eigenvalue weighted by Gasteiger charge is -2.09. The first-order valence-corrected chi connectivity index (χ1v) is 5.23. The van der Waals surface area contributed by atoms with Crippen molar-refractivity contribution in [3.8, 4) is 0 Å². The lowest BCUT2D eigenvalue weighted by atomic mass is 10.4. The molecule has 5 nitrogen and oxygen atoms in total. The molecule has 16 heavy (non-hydrogen) atoms. The molecule has 0 amide bonds. The summed E-state index contributed by atoms with van der Waals surface area (Å²) in [5.74, 6) is 0.864. The van der Waals surface area contributed by atoms with Crippen LogP contribution in [0.1, 0.15) is 18.5 Å². The number of aliphatic imine (C=N–C) groups is 1. The number of rotatable bonds is 3. The van der Waals surface area contributed by atoms with Crippen molar-refractivity contribution in [2.45, 2.75) is 25.4 Å². The molecule has 2 rings (SSSR count). The molecular formula is C10H18IN5. The van der Waals surface area contributed by atoms with Crippen molar-refractivity contribution in [3.05, 3.63) is 18.0 Å². The molecule has 2 N–H and O–H groups in total. The summed E-state index contributed by atoms with van der Waals surface area (Å²) in [4.78, 5) is 4.15. The van der Waals surface area contributed by atoms with Gasteiger partial charge in [-0.1, -0.05) is 0 Å². The smallest absolute Gasteiger partial charge is 0.191 e. The first-order chi connectivity index (χ1) is 7.28. The van der Waals surface area contributed by atoms with Crippen LogP contribution in [-0.2, 0) is 13.6 Å². The van der Waals surface area contributed by atoms with Gasteiger partial charge in [-0.15, -0.1) is 24.0 Å². The predicted octanol–water partition coefficient (Wildman–Crippen LogP) is 0.865. The Hall–Kier alpha value is -0.790. The van der Waals surface area contributed by atoms with Crippen LogP contribution < -0.4 is 10.6 Å². The third-order valence-corrected chi connectivity index (χ3v) is 2.35. The Morgan fingerprint density at radius 3 is 2.88 bits per heavy atom. The standard InChI is InChI=1S/C10H17N5.HI/c1-11-10(13-8-3-4-8)12-7-9-5-6-15(2)14-9;/h5-6,8H,3-4,7H2,1-2H3,(H2,11,12,13);1H. The monoisotopic (exact) mass is 335 g/mol. The molecule has 1 heterocycles. The quantitative estimate of drug-likeness (QED) is 0.490. The van der Waals surface area contributed by atoms with E-state index in [0.717, 1.165) is 11.7 Å². The first kappa shape index (κ1) is 13.3. The van der Waals surface area contributed by atoms with E-state index in [4.69, 9.17) is 0 Å². The van der Waals surface area contributed by atoms with Crippen molar-refractivity contribution in [1.29, 1.82) is 0 Å². The van der Waals surface area contributed by atoms with Gasteiger partial charge in [-0.05, 0) is 18.9 Å². The molecule has 0 saturated heterocycles. The summed E-state index contributed by atoms with van der Waals surface area (Å²) in [6.45, 7) is 0.716. The van der Waals surface area contributed by atoms with Crippen molar-refractivity contribution in [2.75, 3.05) is 7.05 Å². The van der Waals surface area contributed by atoms with E-state index < -0.39 is 0 Å². The largest absolute Gasteiger partial charge is 0.354 e. The SMILES string of the molecule is CN=C(NCc1ccn(C)n1)NC1CC1.I. The Labute approximate surface area is 113 Å². The minimum atomic E-state index is 0. The molecule has 1 aliphatic rings. The fourth-order valence-electron chi connectivity index (χ4n) is 1.35. The second-order valence-corrected chi connectivity index (χ2v) is 3.83. The van der Waals surface area contributed by atoms with Crippen molar-refractivity contribution in [2.24, 2.45) is 12.0 Å². The van der Waals surface area contributed by atoms with Gasteiger partial charge in [0.05, 0.1) is 12.2 Å². The highest BCUT2D eigenvalue weighted by Crippen LogP contribution is 2.18. The van der Waals surface area contributed by atoms with Crippen LogP contribution in [-0.4, -0.2) is 28.8 Å². The lowest BCUT2D eigenvalue weighted by molar-refractivity contribution is 0.721. The highest BCUT2D eigenvalue weighted by atomic mass is 127. The van der Waals surface area contributed by atoms with Crippen LogP contribution in [0.5, 0.6) is 0 Å². The Morgan fingerprint density at radius 1 is 1.62 bits per heavy atom. The van der Waals surface area contributed by atoms with E-state index in [1.165, 1.54) is 12.8 Å². The third kappa shape index (κ3) is 3.99. The van der Waals surface area contributed by atoms with Crippen LogP contribution in [0, 0.1) is 0 Å². The van der Waals surface area contributed by atoms with Crippen LogP contribution in [0.3, 0.4) is 0 Å². The number of nitrogens with one attached hydrogen (secondary N) is 2. The van der Waals surface area contributed by atoms with Crippen LogP contribution in [0.4, 0.5) is 0 Å². The Balaban J connectivity index is 0.00000128. The Morgan fingerprint density at radius 2 is 2.38 bits per heavy atom. The summed E-state index contributed by atoms with van der Waals surface area (Å²) in [5.41, 5.74) is 1.02. The molecule has 0 aliphatic heterocycles. The van der Waals surface area contributed by atoms with Crippen molar-refractivity contribution in [3.63, 3.8) is 0 Å². The number of nitrogens with zero attached hydrogens (tertiary/aromatic N) is 3. The van der Waals surface area contributed by atoms with Gasteiger partial charge in [0.1, 0.15) is 0 Å². The summed E-state index contributed by atoms with van der Waals surface area (Å²) >= 11 is 0. The maximum Gasteiger partial charge on any atom is 0.191 e. The van der Waals surface area contributed by atoms with E-state index in [9.17, 15) is 0 Å². The zero-order valence-corrected chi connectivity index (χ0v) is 11.9. The van der Waals surface area contributed by atoms with Crippen LogP contribution in [0.25, 0.3) is 0 Å². The maximum absolute atomic E-state index is 4.28. The van der Waals surface area contributed by atoms with Gasteiger partial charge in [-0.25, -0.2) is 0 Å². The maximum atomic E-state index is 4.28. The van der Waals surface area contributed by atoms with Gasteiger partial charge in [0.15, 0.2) is 5.96 Å². The highest BCUT2D eigenvalue weighted by molar-refractivity contribution is 14.0. The summed E-state index contributed by atoms with van der Waals surface area (Å²) < 4.78 is 1.80. The number of hydrogen-bond acceptors (Lipinski definition) is 2. The molecule has 6 heteroatoms. The topological polar surface area (TPSA) is 54.2 Å². The molecule has 0 radical (unpaired) electrons. The molecule has 1 fully saturated rings. The molecule has 1 aliphatic carbocycles. The normalized spacial score (nSPS) is 15.5. The van der Waals surface area contributed by atoms with Gasteiger partial charge < -0.3 is 10.6 Å². The van der Waals surface area contributed by atoms with Crippen molar-refractivity contribution < 1.29 is 0 Å². The number of halogens is 1. The van der Waals surface area contributed by atoms with E-state index >= 15 is 0 Å². The molecule has 0 atom stereocenters. The van der Waals surface area contributed by atoms with E-state index in [0.29, 0.717) is 12.6 Å². The number of hydrogen-bond donors (Lipinski definition) is 2. The predicted molar refractivity (Wildman–Crippen MR) is 75.0 cm³/mol. The average Bonchev–Trinajstić information content (AvgIpc) is 2.95. The van der Waals surface area contributed by atoms with E-state index in [1.54, 1.807) is 11.7 Å². The second-order valence-electron chi connectivity index (χ2n) is 3.83. The molecule has 90 valence electrons. The first-order valence-electron chi connectivity index (χ1n) is 5.23. The minimum Gasteiger partial charge on any atom is -0.354 e. The minimum absolute atomic E-state index is 0. The third-order valence-electron chi connectivity index (χ3n) is 2.35. The fraction of sp³-hybridized carbons (Fsp3) is 0.600. The fourth-order valence-corrected chi connectivity index (χ4v) is 1.35. The van der Waals surface area contributed by atoms with Gasteiger partial charge in [0.25, 0.3) is 0 Å². The van der Waals surface area contributed by atoms with Crippen molar-refractivity contribution >= 4 is 29.9 Å². The molecule has 0 aromatic carbocycles. The number of aryl methyl sites for hydroxylation is 1. The van der Waals surface area contributed by atoms with E-state index in [1.807, 2.05) is 19.3 Å². The Bertz CT molecular complexity index is 356. The van der Waals surface area contributed by atoms with Gasteiger partial charge in [0, 0.05) is 26.3 Å². The summed E-state index contributed by atoms with van der Waals surface area (Å²) in [5, 5.41) is 10.8. The molecule has 0 bridgehead atoms. The van der Waals surface area contributed by atoms with Crippen molar-refractivity contribution in [1.82, 2.24) is 20.4 Å². The summed E-state index contributed by atoms with van der Waals surface area (Å²) in [6, 6.07) is 2.62. The summed E-state index contributed by atoms with van der Waals surface area (Å²) in [7, 11) is 3.71. The second kappa shape index (κ2) is 6.07.